The summed E-state index contributed by atoms with van der Waals surface area (Å²) in [4.78, 5) is 15.5. The maximum absolute atomic E-state index is 6.51. The van der Waals surface area contributed by atoms with E-state index in [1.807, 2.05) is 30.3 Å². The smallest absolute Gasteiger partial charge is 0.164 e. The Morgan fingerprint density at radius 1 is 0.630 bits per heavy atom. The maximum atomic E-state index is 6.51. The van der Waals surface area contributed by atoms with Gasteiger partial charge in [-0.1, -0.05) is 128 Å². The molecule has 0 amide bonds. The number of allylic oxidation sites excluding steroid dienone is 8. The number of nitrogens with zero attached hydrogens (tertiary/aromatic N) is 3. The Kier molecular flexibility index (Phi) is 5.97. The molecule has 0 radical (unpaired) electrons. The molecule has 2 heterocycles. The molecule has 0 saturated heterocycles. The van der Waals surface area contributed by atoms with E-state index in [9.17, 15) is 0 Å². The Morgan fingerprint density at radius 2 is 1.39 bits per heavy atom. The zero-order valence-electron chi connectivity index (χ0n) is 25.3. The lowest BCUT2D eigenvalue weighted by Crippen LogP contribution is -2.19. The molecule has 1 unspecified atom stereocenters. The molecule has 7 aromatic rings. The van der Waals surface area contributed by atoms with Gasteiger partial charge in [-0.05, 0) is 58.2 Å². The molecule has 4 heteroatoms. The molecule has 46 heavy (non-hydrogen) atoms. The van der Waals surface area contributed by atoms with Gasteiger partial charge in [-0.25, -0.2) is 15.0 Å². The molecule has 9 rings (SSSR count). The van der Waals surface area contributed by atoms with E-state index in [2.05, 4.69) is 122 Å². The zero-order valence-corrected chi connectivity index (χ0v) is 25.3. The summed E-state index contributed by atoms with van der Waals surface area (Å²) in [6.07, 6.45) is 14.1. The van der Waals surface area contributed by atoms with Gasteiger partial charge in [-0.3, -0.25) is 0 Å². The molecule has 0 bridgehead atoms. The highest BCUT2D eigenvalue weighted by Gasteiger charge is 2.29. The van der Waals surface area contributed by atoms with Crippen molar-refractivity contribution in [3.63, 3.8) is 0 Å². The molecule has 0 spiro atoms. The lowest BCUT2D eigenvalue weighted by Gasteiger charge is -2.31. The second kappa shape index (κ2) is 10.4. The Balaban J connectivity index is 1.32. The van der Waals surface area contributed by atoms with Crippen LogP contribution in [-0.4, -0.2) is 15.0 Å². The Labute approximate surface area is 266 Å². The minimum atomic E-state index is -0.0228. The van der Waals surface area contributed by atoms with Crippen molar-refractivity contribution in [2.75, 3.05) is 0 Å². The number of benzene rings is 5. The molecular formula is C42H29N3O. The van der Waals surface area contributed by atoms with Crippen LogP contribution in [0.2, 0.25) is 0 Å². The van der Waals surface area contributed by atoms with Crippen LogP contribution in [0.15, 0.2) is 156 Å². The maximum Gasteiger partial charge on any atom is 0.164 e. The summed E-state index contributed by atoms with van der Waals surface area (Å²) in [6.45, 7) is 2.28. The number of para-hydroxylation sites is 1. The molecule has 0 N–H and O–H groups in total. The van der Waals surface area contributed by atoms with Crippen molar-refractivity contribution in [2.45, 2.75) is 13.3 Å². The first-order valence-corrected chi connectivity index (χ1v) is 15.7. The molecule has 2 aliphatic rings. The van der Waals surface area contributed by atoms with Gasteiger partial charge in [-0.15, -0.1) is 0 Å². The summed E-state index contributed by atoms with van der Waals surface area (Å²) >= 11 is 0. The van der Waals surface area contributed by atoms with Crippen molar-refractivity contribution in [3.8, 4) is 33.9 Å². The summed E-state index contributed by atoms with van der Waals surface area (Å²) in [5.41, 5.74) is 7.93. The van der Waals surface area contributed by atoms with E-state index in [-0.39, 0.29) is 5.41 Å². The van der Waals surface area contributed by atoms with Gasteiger partial charge in [0.15, 0.2) is 17.5 Å². The van der Waals surface area contributed by atoms with Crippen molar-refractivity contribution < 1.29 is 4.42 Å². The molecule has 5 aromatic carbocycles. The highest BCUT2D eigenvalue weighted by Crippen LogP contribution is 2.44. The van der Waals surface area contributed by atoms with Crippen LogP contribution in [0.5, 0.6) is 0 Å². The number of fused-ring (bicyclic) bond motifs is 5. The third kappa shape index (κ3) is 4.33. The van der Waals surface area contributed by atoms with Crippen LogP contribution in [0, 0.1) is 5.41 Å². The number of rotatable bonds is 4. The number of hydrogen-bond donors (Lipinski definition) is 0. The van der Waals surface area contributed by atoms with Crippen molar-refractivity contribution in [3.05, 3.63) is 157 Å². The Hall–Kier alpha value is -5.87. The fourth-order valence-electron chi connectivity index (χ4n) is 6.82. The van der Waals surface area contributed by atoms with Crippen LogP contribution in [0.25, 0.3) is 72.2 Å². The predicted octanol–water partition coefficient (Wildman–Crippen LogP) is 10.8. The molecule has 218 valence electrons. The van der Waals surface area contributed by atoms with Gasteiger partial charge in [0, 0.05) is 32.9 Å². The highest BCUT2D eigenvalue weighted by molar-refractivity contribution is 6.14. The predicted molar refractivity (Wildman–Crippen MR) is 188 cm³/mol. The van der Waals surface area contributed by atoms with Gasteiger partial charge in [0.1, 0.15) is 11.2 Å². The second-order valence-electron chi connectivity index (χ2n) is 12.3. The molecule has 1 atom stereocenters. The molecule has 0 saturated carbocycles. The lowest BCUT2D eigenvalue weighted by atomic mass is 9.73. The first-order chi connectivity index (χ1) is 22.6. The van der Waals surface area contributed by atoms with Gasteiger partial charge >= 0.3 is 0 Å². The van der Waals surface area contributed by atoms with Crippen LogP contribution in [-0.2, 0) is 0 Å². The molecular weight excluding hydrogens is 562 g/mol. The number of aromatic nitrogens is 3. The lowest BCUT2D eigenvalue weighted by molar-refractivity contribution is 0.528. The van der Waals surface area contributed by atoms with Crippen LogP contribution in [0.3, 0.4) is 0 Å². The van der Waals surface area contributed by atoms with Crippen LogP contribution < -0.4 is 0 Å². The van der Waals surface area contributed by atoms with Crippen molar-refractivity contribution in [1.82, 2.24) is 15.0 Å². The molecule has 4 nitrogen and oxygen atoms in total. The van der Waals surface area contributed by atoms with Crippen molar-refractivity contribution >= 4 is 38.3 Å². The standard InChI is InChI=1S/C42H29N3O/c1-42-22-10-9-16-31(42)24-29(21-23-42)40-43-39(28-13-3-2-4-14-28)44-41(45-40)35-25-30(33-19-11-15-27-12-5-6-17-32(27)33)26-37-38(35)34-18-7-8-20-36(34)46-37/h2-22,24-26H,23H2,1H3. The molecule has 2 aliphatic carbocycles. The first-order valence-electron chi connectivity index (χ1n) is 15.7. The Morgan fingerprint density at radius 3 is 2.30 bits per heavy atom. The van der Waals surface area contributed by atoms with E-state index >= 15 is 0 Å². The van der Waals surface area contributed by atoms with E-state index in [1.54, 1.807) is 0 Å². The average molecular weight is 592 g/mol. The summed E-state index contributed by atoms with van der Waals surface area (Å²) in [5.74, 6) is 1.93. The van der Waals surface area contributed by atoms with Crippen LogP contribution in [0.4, 0.5) is 0 Å². The SMILES string of the molecule is CC12C=CC=CC1=CC(c1nc(-c3ccccc3)nc(-c3cc(-c4cccc5ccccc45)cc4oc5ccccc5c34)n1)=CC2. The molecule has 0 fully saturated rings. The molecule has 2 aromatic heterocycles. The van der Waals surface area contributed by atoms with Gasteiger partial charge in [0.2, 0.25) is 0 Å². The van der Waals surface area contributed by atoms with Crippen LogP contribution >= 0.6 is 0 Å². The summed E-state index contributed by atoms with van der Waals surface area (Å²) in [5, 5.41) is 4.41. The van der Waals surface area contributed by atoms with E-state index in [1.165, 1.54) is 16.3 Å². The highest BCUT2D eigenvalue weighted by atomic mass is 16.3. The summed E-state index contributed by atoms with van der Waals surface area (Å²) in [7, 11) is 0. The fourth-order valence-corrected chi connectivity index (χ4v) is 6.82. The third-order valence-corrected chi connectivity index (χ3v) is 9.31. The van der Waals surface area contributed by atoms with E-state index in [4.69, 9.17) is 19.4 Å². The third-order valence-electron chi connectivity index (χ3n) is 9.31. The minimum Gasteiger partial charge on any atom is -0.456 e. The average Bonchev–Trinajstić information content (AvgIpc) is 3.49. The number of furan rings is 1. The number of hydrogen-bond acceptors (Lipinski definition) is 4. The largest absolute Gasteiger partial charge is 0.456 e. The fraction of sp³-hybridized carbons (Fsp3) is 0.0714. The van der Waals surface area contributed by atoms with Crippen molar-refractivity contribution in [1.29, 1.82) is 0 Å². The van der Waals surface area contributed by atoms with E-state index in [0.717, 1.165) is 56.2 Å². The molecule has 0 aliphatic heterocycles. The van der Waals surface area contributed by atoms with Gasteiger partial charge < -0.3 is 4.42 Å². The second-order valence-corrected chi connectivity index (χ2v) is 12.3. The Bertz CT molecular complexity index is 2460. The van der Waals surface area contributed by atoms with Crippen molar-refractivity contribution in [2.24, 2.45) is 5.41 Å². The normalized spacial score (nSPS) is 17.3. The first kappa shape index (κ1) is 26.5. The quantitative estimate of drug-likeness (QED) is 0.204. The summed E-state index contributed by atoms with van der Waals surface area (Å²) < 4.78 is 6.51. The van der Waals surface area contributed by atoms with Gasteiger partial charge in [0.25, 0.3) is 0 Å². The van der Waals surface area contributed by atoms with E-state index in [0.29, 0.717) is 17.5 Å². The van der Waals surface area contributed by atoms with Gasteiger partial charge in [-0.2, -0.15) is 0 Å². The zero-order chi connectivity index (χ0) is 30.7. The summed E-state index contributed by atoms with van der Waals surface area (Å²) in [6, 6.07) is 37.7. The minimum absolute atomic E-state index is 0.0228. The van der Waals surface area contributed by atoms with E-state index < -0.39 is 0 Å². The van der Waals surface area contributed by atoms with Crippen LogP contribution in [0.1, 0.15) is 19.2 Å². The monoisotopic (exact) mass is 591 g/mol. The topological polar surface area (TPSA) is 51.8 Å². The van der Waals surface area contributed by atoms with Gasteiger partial charge in [0.05, 0.1) is 0 Å².